The molecular weight excluding hydrogens is 933 g/mol. The normalized spacial score (nSPS) is 11.9. The smallest absolute Gasteiger partial charge is 0.0540 e. The zero-order valence-electron chi connectivity index (χ0n) is 42.3. The number of fused-ring (bicyclic) bond motifs is 6. The van der Waals surface area contributed by atoms with Crippen molar-refractivity contribution in [3.63, 3.8) is 0 Å². The minimum atomic E-state index is 1.13. The van der Waals surface area contributed by atoms with Gasteiger partial charge in [-0.3, -0.25) is 0 Å². The van der Waals surface area contributed by atoms with Crippen LogP contribution in [0.25, 0.3) is 94.9 Å². The van der Waals surface area contributed by atoms with Gasteiger partial charge in [0.05, 0.1) is 22.7 Å². The Bertz CT molecular complexity index is 4270. The van der Waals surface area contributed by atoms with E-state index in [1.165, 1.54) is 140 Å². The van der Waals surface area contributed by atoms with Crippen LogP contribution in [0.1, 0.15) is 33.4 Å². The lowest BCUT2D eigenvalue weighted by atomic mass is 9.88. The summed E-state index contributed by atoms with van der Waals surface area (Å²) in [6, 6.07) is 77.0. The Morgan fingerprint density at radius 3 is 1.12 bits per heavy atom. The number of rotatable bonds is 8. The Morgan fingerprint density at radius 1 is 0.311 bits per heavy atom. The van der Waals surface area contributed by atoms with Crippen molar-refractivity contribution in [2.75, 3.05) is 9.80 Å². The van der Waals surface area contributed by atoms with E-state index < -0.39 is 0 Å². The molecule has 0 aliphatic rings. The molecule has 0 atom stereocenters. The van der Waals surface area contributed by atoms with Gasteiger partial charge in [0.2, 0.25) is 0 Å². The number of hydrogen-bond donors (Lipinski definition) is 0. The molecule has 0 spiro atoms. The van der Waals surface area contributed by atoms with E-state index in [9.17, 15) is 0 Å². The van der Waals surface area contributed by atoms with E-state index in [1.807, 2.05) is 22.7 Å². The molecular formula is C70H52N2S2. The summed E-state index contributed by atoms with van der Waals surface area (Å²) in [6.07, 6.45) is 0. The van der Waals surface area contributed by atoms with E-state index >= 15 is 0 Å². The average Bonchev–Trinajstić information content (AvgIpc) is 4.04. The van der Waals surface area contributed by atoms with E-state index in [4.69, 9.17) is 0 Å². The van der Waals surface area contributed by atoms with Crippen molar-refractivity contribution >= 4 is 129 Å². The largest absolute Gasteiger partial charge is 0.309 e. The molecule has 0 amide bonds. The molecule has 2 nitrogen and oxygen atoms in total. The standard InChI is InChI=1S/C70H52N2S2/c1-41-39-43(3)67(45(5)63(41)57-27-17-25-53-51-23-13-15-29-61(51)73-69(53)57)71(49-19-9-7-10-20-49)59-37-33-47-32-36-56-60(38-34-48-31-35-55(59)65(47)66(48)56)72(50-21-11-8-12-22-50)68-44(4)40-42(2)64(46(68)6)58-28-18-26-54-52-24-14-16-30-62(52)74-70(54)58/h7-40H,1-6H3. The highest BCUT2D eigenvalue weighted by Gasteiger charge is 2.28. The SMILES string of the molecule is Cc1cc(C)c(N(c2ccccc2)c2ccc3ccc4c(N(c5ccccc5)c5c(C)cc(C)c(-c6cccc7c6sc6ccccc67)c5C)ccc5ccc2c3c54)c(C)c1-c1cccc2c1sc1ccccc12. The minimum Gasteiger partial charge on any atom is -0.309 e. The van der Waals surface area contributed by atoms with Crippen molar-refractivity contribution in [2.24, 2.45) is 0 Å². The number of para-hydroxylation sites is 2. The molecule has 0 aliphatic carbocycles. The molecule has 0 bridgehead atoms. The molecule has 12 aromatic carbocycles. The summed E-state index contributed by atoms with van der Waals surface area (Å²) in [5.74, 6) is 0. The maximum atomic E-state index is 2.54. The van der Waals surface area contributed by atoms with Crippen LogP contribution in [0.3, 0.4) is 0 Å². The molecule has 74 heavy (non-hydrogen) atoms. The maximum absolute atomic E-state index is 2.54. The topological polar surface area (TPSA) is 6.48 Å². The number of nitrogens with zero attached hydrogens (tertiary/aromatic N) is 2. The molecule has 0 unspecified atom stereocenters. The van der Waals surface area contributed by atoms with Crippen LogP contribution in [0.5, 0.6) is 0 Å². The summed E-state index contributed by atoms with van der Waals surface area (Å²) in [5.41, 5.74) is 19.8. The van der Waals surface area contributed by atoms with Gasteiger partial charge in [-0.25, -0.2) is 0 Å². The van der Waals surface area contributed by atoms with E-state index in [1.54, 1.807) is 0 Å². The van der Waals surface area contributed by atoms with E-state index in [0.717, 1.165) is 22.7 Å². The molecule has 0 radical (unpaired) electrons. The second kappa shape index (κ2) is 17.2. The number of anilines is 6. The van der Waals surface area contributed by atoms with Gasteiger partial charge in [-0.1, -0.05) is 158 Å². The van der Waals surface area contributed by atoms with Crippen LogP contribution >= 0.6 is 22.7 Å². The molecule has 14 rings (SSSR count). The van der Waals surface area contributed by atoms with Crippen LogP contribution in [0, 0.1) is 41.5 Å². The van der Waals surface area contributed by atoms with E-state index in [-0.39, 0.29) is 0 Å². The van der Waals surface area contributed by atoms with E-state index in [0.29, 0.717) is 0 Å². The molecule has 0 saturated carbocycles. The molecule has 0 aliphatic heterocycles. The van der Waals surface area contributed by atoms with Gasteiger partial charge < -0.3 is 9.80 Å². The van der Waals surface area contributed by atoms with Crippen LogP contribution in [0.2, 0.25) is 0 Å². The fraction of sp³-hybridized carbons (Fsp3) is 0.0857. The lowest BCUT2D eigenvalue weighted by Gasteiger charge is -2.33. The highest BCUT2D eigenvalue weighted by molar-refractivity contribution is 7.26. The molecule has 4 heteroatoms. The fourth-order valence-electron chi connectivity index (χ4n) is 12.8. The third-order valence-electron chi connectivity index (χ3n) is 15.8. The van der Waals surface area contributed by atoms with Gasteiger partial charge >= 0.3 is 0 Å². The highest BCUT2D eigenvalue weighted by Crippen LogP contribution is 2.53. The molecule has 0 fully saturated rings. The van der Waals surface area contributed by atoms with Crippen molar-refractivity contribution in [2.45, 2.75) is 41.5 Å². The maximum Gasteiger partial charge on any atom is 0.0540 e. The first-order valence-corrected chi connectivity index (χ1v) is 27.3. The van der Waals surface area contributed by atoms with Crippen LogP contribution in [-0.2, 0) is 0 Å². The van der Waals surface area contributed by atoms with Crippen LogP contribution < -0.4 is 9.80 Å². The fourth-order valence-corrected chi connectivity index (χ4v) is 15.3. The molecule has 0 N–H and O–H groups in total. The number of hydrogen-bond acceptors (Lipinski definition) is 4. The van der Waals surface area contributed by atoms with Crippen molar-refractivity contribution in [1.29, 1.82) is 0 Å². The Hall–Kier alpha value is -8.28. The second-order valence-electron chi connectivity index (χ2n) is 20.2. The zero-order chi connectivity index (χ0) is 49.9. The summed E-state index contributed by atoms with van der Waals surface area (Å²) in [5, 5.41) is 12.7. The molecule has 354 valence electrons. The summed E-state index contributed by atoms with van der Waals surface area (Å²) in [6.45, 7) is 13.8. The first kappa shape index (κ1) is 44.4. The van der Waals surface area contributed by atoms with Gasteiger partial charge in [0.15, 0.2) is 0 Å². The lowest BCUT2D eigenvalue weighted by molar-refractivity contribution is 1.21. The predicted molar refractivity (Wildman–Crippen MR) is 325 cm³/mol. The van der Waals surface area contributed by atoms with Crippen molar-refractivity contribution in [3.05, 3.63) is 240 Å². The molecule has 2 heterocycles. The van der Waals surface area contributed by atoms with E-state index in [2.05, 4.69) is 258 Å². The summed E-state index contributed by atoms with van der Waals surface area (Å²) in [4.78, 5) is 5.08. The quantitative estimate of drug-likeness (QED) is 0.140. The van der Waals surface area contributed by atoms with Gasteiger partial charge in [0, 0.05) is 73.6 Å². The second-order valence-corrected chi connectivity index (χ2v) is 22.3. The third-order valence-corrected chi connectivity index (χ3v) is 18.2. The number of benzene rings is 12. The van der Waals surface area contributed by atoms with Crippen LogP contribution in [0.15, 0.2) is 206 Å². The van der Waals surface area contributed by atoms with Gasteiger partial charge in [-0.2, -0.15) is 0 Å². The van der Waals surface area contributed by atoms with Gasteiger partial charge in [-0.15, -0.1) is 22.7 Å². The predicted octanol–water partition coefficient (Wildman–Crippen LogP) is 21.4. The Morgan fingerprint density at radius 2 is 0.689 bits per heavy atom. The average molecular weight is 985 g/mol. The minimum absolute atomic E-state index is 1.13. The van der Waals surface area contributed by atoms with Gasteiger partial charge in [0.25, 0.3) is 0 Å². The number of aryl methyl sites for hydroxylation is 4. The molecule has 2 aromatic heterocycles. The van der Waals surface area contributed by atoms with Crippen LogP contribution in [-0.4, -0.2) is 0 Å². The monoisotopic (exact) mass is 984 g/mol. The van der Waals surface area contributed by atoms with Crippen molar-refractivity contribution in [1.82, 2.24) is 0 Å². The first-order valence-electron chi connectivity index (χ1n) is 25.7. The third kappa shape index (κ3) is 6.68. The van der Waals surface area contributed by atoms with Gasteiger partial charge in [-0.05, 0) is 156 Å². The molecule has 0 saturated heterocycles. The van der Waals surface area contributed by atoms with Crippen LogP contribution in [0.4, 0.5) is 34.1 Å². The van der Waals surface area contributed by atoms with Crippen molar-refractivity contribution in [3.8, 4) is 22.3 Å². The van der Waals surface area contributed by atoms with Gasteiger partial charge in [0.1, 0.15) is 0 Å². The highest BCUT2D eigenvalue weighted by atomic mass is 32.1. The summed E-state index contributed by atoms with van der Waals surface area (Å²) >= 11 is 3.81. The summed E-state index contributed by atoms with van der Waals surface area (Å²) in [7, 11) is 0. The molecule has 14 aromatic rings. The number of thiophene rings is 2. The van der Waals surface area contributed by atoms with Crippen molar-refractivity contribution < 1.29 is 0 Å². The Kier molecular flexibility index (Phi) is 10.3. The summed E-state index contributed by atoms with van der Waals surface area (Å²) < 4.78 is 5.32. The Balaban J connectivity index is 0.995. The zero-order valence-corrected chi connectivity index (χ0v) is 44.0. The first-order chi connectivity index (χ1) is 36.2. The Labute approximate surface area is 440 Å². The lowest BCUT2D eigenvalue weighted by Crippen LogP contribution is -2.15.